The highest BCUT2D eigenvalue weighted by molar-refractivity contribution is 7.91. The standard InChI is InChI=1S/C20H20F2N2O4S/c1-13(18-11-14-5-3-4-6-17(14)28-18)24(2)12-19(25)23-15-7-9-16(10-8-15)29(26,27)20(21)22/h3-11,13,20H,12H2,1-2H3,(H,23,25). The van der Waals surface area contributed by atoms with Gasteiger partial charge < -0.3 is 9.73 Å². The number of benzene rings is 2. The van der Waals surface area contributed by atoms with E-state index >= 15 is 0 Å². The number of alkyl halides is 2. The van der Waals surface area contributed by atoms with Gasteiger partial charge >= 0.3 is 5.76 Å². The van der Waals surface area contributed by atoms with E-state index < -0.39 is 20.5 Å². The van der Waals surface area contributed by atoms with Crippen LogP contribution in [0.5, 0.6) is 0 Å². The van der Waals surface area contributed by atoms with Crippen molar-refractivity contribution in [3.05, 3.63) is 60.4 Å². The molecule has 154 valence electrons. The number of para-hydroxylation sites is 1. The zero-order valence-electron chi connectivity index (χ0n) is 15.8. The first-order chi connectivity index (χ1) is 13.7. The van der Waals surface area contributed by atoms with E-state index in [4.69, 9.17) is 4.42 Å². The van der Waals surface area contributed by atoms with E-state index in [0.717, 1.165) is 28.9 Å². The lowest BCUT2D eigenvalue weighted by molar-refractivity contribution is -0.117. The minimum Gasteiger partial charge on any atom is -0.459 e. The highest BCUT2D eigenvalue weighted by Gasteiger charge is 2.26. The Labute approximate surface area is 167 Å². The normalized spacial score (nSPS) is 13.2. The second kappa shape index (κ2) is 8.30. The highest BCUT2D eigenvalue weighted by Crippen LogP contribution is 2.26. The summed E-state index contributed by atoms with van der Waals surface area (Å²) < 4.78 is 53.8. The summed E-state index contributed by atoms with van der Waals surface area (Å²) in [4.78, 5) is 13.6. The van der Waals surface area contributed by atoms with E-state index in [9.17, 15) is 22.0 Å². The van der Waals surface area contributed by atoms with Crippen molar-refractivity contribution >= 4 is 32.4 Å². The van der Waals surface area contributed by atoms with Crippen LogP contribution in [-0.2, 0) is 14.6 Å². The highest BCUT2D eigenvalue weighted by atomic mass is 32.2. The Kier molecular flexibility index (Phi) is 5.99. The number of fused-ring (bicyclic) bond motifs is 1. The van der Waals surface area contributed by atoms with Gasteiger partial charge in [-0.15, -0.1) is 0 Å². The molecule has 0 saturated carbocycles. The number of anilines is 1. The molecule has 0 radical (unpaired) electrons. The fraction of sp³-hybridized carbons (Fsp3) is 0.250. The first-order valence-electron chi connectivity index (χ1n) is 8.79. The molecule has 0 aliphatic heterocycles. The third kappa shape index (κ3) is 4.63. The van der Waals surface area contributed by atoms with E-state index in [1.807, 2.05) is 37.3 Å². The van der Waals surface area contributed by atoms with E-state index in [1.54, 1.807) is 11.9 Å². The number of likely N-dealkylation sites (N-methyl/N-ethyl adjacent to an activating group) is 1. The van der Waals surface area contributed by atoms with Crippen molar-refractivity contribution in [1.82, 2.24) is 4.90 Å². The van der Waals surface area contributed by atoms with Gasteiger partial charge in [-0.05, 0) is 50.4 Å². The summed E-state index contributed by atoms with van der Waals surface area (Å²) >= 11 is 0. The molecular weight excluding hydrogens is 402 g/mol. The summed E-state index contributed by atoms with van der Waals surface area (Å²) in [5.41, 5.74) is 1.08. The molecule has 0 fully saturated rings. The van der Waals surface area contributed by atoms with Gasteiger partial charge in [0.15, 0.2) is 0 Å². The quantitative estimate of drug-likeness (QED) is 0.621. The molecule has 2 aromatic carbocycles. The third-order valence-corrected chi connectivity index (χ3v) is 6.01. The van der Waals surface area contributed by atoms with Crippen molar-refractivity contribution in [3.8, 4) is 0 Å². The zero-order valence-corrected chi connectivity index (χ0v) is 16.6. The molecule has 29 heavy (non-hydrogen) atoms. The van der Waals surface area contributed by atoms with E-state index in [-0.39, 0.29) is 18.5 Å². The average Bonchev–Trinajstić information content (AvgIpc) is 3.11. The molecule has 1 aromatic heterocycles. The van der Waals surface area contributed by atoms with Gasteiger partial charge in [0.1, 0.15) is 11.3 Å². The summed E-state index contributed by atoms with van der Waals surface area (Å²) in [6.07, 6.45) is 0. The number of hydrogen-bond donors (Lipinski definition) is 1. The van der Waals surface area contributed by atoms with Crippen LogP contribution < -0.4 is 5.32 Å². The molecule has 0 spiro atoms. The van der Waals surface area contributed by atoms with Gasteiger partial charge in [0.2, 0.25) is 15.7 Å². The molecule has 1 N–H and O–H groups in total. The minimum absolute atomic E-state index is 0.0509. The van der Waals surface area contributed by atoms with Crippen LogP contribution in [0.3, 0.4) is 0 Å². The number of nitrogens with one attached hydrogen (secondary N) is 1. The fourth-order valence-electron chi connectivity index (χ4n) is 2.82. The maximum absolute atomic E-state index is 12.6. The van der Waals surface area contributed by atoms with Crippen LogP contribution in [0.2, 0.25) is 0 Å². The van der Waals surface area contributed by atoms with Crippen LogP contribution in [0.1, 0.15) is 18.7 Å². The predicted molar refractivity (Wildman–Crippen MR) is 106 cm³/mol. The van der Waals surface area contributed by atoms with Crippen LogP contribution in [0, 0.1) is 0 Å². The largest absolute Gasteiger partial charge is 0.459 e. The molecule has 1 amide bonds. The predicted octanol–water partition coefficient (Wildman–Crippen LogP) is 4.06. The van der Waals surface area contributed by atoms with Crippen molar-refractivity contribution in [2.24, 2.45) is 0 Å². The second-order valence-corrected chi connectivity index (χ2v) is 8.57. The minimum atomic E-state index is -4.66. The molecule has 0 saturated heterocycles. The molecule has 1 unspecified atom stereocenters. The molecule has 1 heterocycles. The van der Waals surface area contributed by atoms with E-state index in [0.29, 0.717) is 5.69 Å². The Morgan fingerprint density at radius 2 is 1.79 bits per heavy atom. The van der Waals surface area contributed by atoms with Gasteiger partial charge in [0, 0.05) is 11.1 Å². The lowest BCUT2D eigenvalue weighted by Gasteiger charge is -2.22. The Hall–Kier alpha value is -2.78. The summed E-state index contributed by atoms with van der Waals surface area (Å²) in [5.74, 6) is -3.10. The number of sulfone groups is 1. The molecule has 3 aromatic rings. The second-order valence-electron chi connectivity index (χ2n) is 6.66. The smallest absolute Gasteiger partial charge is 0.341 e. The van der Waals surface area contributed by atoms with Crippen molar-refractivity contribution in [3.63, 3.8) is 0 Å². The monoisotopic (exact) mass is 422 g/mol. The van der Waals surface area contributed by atoms with Crippen molar-refractivity contribution in [2.75, 3.05) is 18.9 Å². The van der Waals surface area contributed by atoms with Crippen LogP contribution >= 0.6 is 0 Å². The Morgan fingerprint density at radius 1 is 1.14 bits per heavy atom. The van der Waals surface area contributed by atoms with Gasteiger partial charge in [0.05, 0.1) is 17.5 Å². The number of carbonyl (C=O) groups is 1. The number of nitrogens with zero attached hydrogens (tertiary/aromatic N) is 1. The number of carbonyl (C=O) groups excluding carboxylic acids is 1. The first kappa shape index (κ1) is 20.9. The molecule has 6 nitrogen and oxygen atoms in total. The fourth-order valence-corrected chi connectivity index (χ4v) is 3.54. The molecule has 0 bridgehead atoms. The van der Waals surface area contributed by atoms with Crippen molar-refractivity contribution in [2.45, 2.75) is 23.6 Å². The van der Waals surface area contributed by atoms with Gasteiger partial charge in [-0.3, -0.25) is 9.69 Å². The van der Waals surface area contributed by atoms with E-state index in [1.165, 1.54) is 12.1 Å². The number of halogens is 2. The molecule has 9 heteroatoms. The molecule has 3 rings (SSSR count). The van der Waals surface area contributed by atoms with Gasteiger partial charge in [-0.1, -0.05) is 18.2 Å². The summed E-state index contributed by atoms with van der Waals surface area (Å²) in [6, 6.07) is 14.0. The topological polar surface area (TPSA) is 79.6 Å². The molecule has 1 atom stereocenters. The van der Waals surface area contributed by atoms with Crippen LogP contribution in [-0.4, -0.2) is 38.6 Å². The molecule has 0 aliphatic rings. The molecular formula is C20H20F2N2O4S. The van der Waals surface area contributed by atoms with Crippen molar-refractivity contribution in [1.29, 1.82) is 0 Å². The average molecular weight is 422 g/mol. The SMILES string of the molecule is CC(c1cc2ccccc2o1)N(C)CC(=O)Nc1ccc(S(=O)(=O)C(F)F)cc1. The Morgan fingerprint density at radius 3 is 2.41 bits per heavy atom. The van der Waals surface area contributed by atoms with Crippen LogP contribution in [0.25, 0.3) is 11.0 Å². The van der Waals surface area contributed by atoms with E-state index in [2.05, 4.69) is 5.32 Å². The summed E-state index contributed by atoms with van der Waals surface area (Å²) in [6.45, 7) is 1.96. The number of amides is 1. The maximum atomic E-state index is 12.6. The summed E-state index contributed by atoms with van der Waals surface area (Å²) in [7, 11) is -2.89. The number of furan rings is 1. The van der Waals surface area contributed by atoms with Gasteiger partial charge in [-0.2, -0.15) is 8.78 Å². The van der Waals surface area contributed by atoms with Gasteiger partial charge in [-0.25, -0.2) is 8.42 Å². The lowest BCUT2D eigenvalue weighted by atomic mass is 10.2. The Balaban J connectivity index is 1.62. The van der Waals surface area contributed by atoms with Crippen molar-refractivity contribution < 1.29 is 26.4 Å². The molecule has 0 aliphatic carbocycles. The first-order valence-corrected chi connectivity index (χ1v) is 10.3. The Bertz CT molecular complexity index is 1080. The number of hydrogen-bond acceptors (Lipinski definition) is 5. The maximum Gasteiger partial charge on any atom is 0.341 e. The zero-order chi connectivity index (χ0) is 21.2. The lowest BCUT2D eigenvalue weighted by Crippen LogP contribution is -2.32. The number of rotatable bonds is 7. The van der Waals surface area contributed by atoms with Crippen LogP contribution in [0.15, 0.2) is 63.9 Å². The third-order valence-electron chi connectivity index (χ3n) is 4.61. The van der Waals surface area contributed by atoms with Gasteiger partial charge in [0.25, 0.3) is 0 Å². The van der Waals surface area contributed by atoms with Crippen LogP contribution in [0.4, 0.5) is 14.5 Å². The summed E-state index contributed by atoms with van der Waals surface area (Å²) in [5, 5.41) is 3.60.